The van der Waals surface area contributed by atoms with Gasteiger partial charge in [0.15, 0.2) is 11.7 Å². The van der Waals surface area contributed by atoms with E-state index < -0.39 is 34.3 Å². The largest absolute Gasteiger partial charge is 0.315 e. The molecule has 0 amide bonds. The van der Waals surface area contributed by atoms with Gasteiger partial charge in [-0.2, -0.15) is 0 Å². The van der Waals surface area contributed by atoms with Crippen LogP contribution in [-0.2, 0) is 0 Å². The number of aldehydes is 1. The molecule has 0 radical (unpaired) electrons. The smallest absolute Gasteiger partial charge is 0.190 e. The van der Waals surface area contributed by atoms with Gasteiger partial charge in [-0.15, -0.1) is 0 Å². The van der Waals surface area contributed by atoms with E-state index in [-0.39, 0.29) is 27.9 Å². The highest BCUT2D eigenvalue weighted by molar-refractivity contribution is 5.90. The highest BCUT2D eigenvalue weighted by Gasteiger charge is 2.20. The summed E-state index contributed by atoms with van der Waals surface area (Å²) in [7, 11) is 0. The van der Waals surface area contributed by atoms with Gasteiger partial charge in [0.1, 0.15) is 23.3 Å². The van der Waals surface area contributed by atoms with Crippen molar-refractivity contribution < 1.29 is 22.4 Å². The SMILES string of the molecule is O=Cc1ccc2c(-c3c(F)cccc3F)c(=O)ccn2c1-c1ccc(F)cc1F. The van der Waals surface area contributed by atoms with Gasteiger partial charge in [-0.05, 0) is 36.4 Å². The summed E-state index contributed by atoms with van der Waals surface area (Å²) >= 11 is 0. The minimum absolute atomic E-state index is 0.0213. The second kappa shape index (κ2) is 7.01. The van der Waals surface area contributed by atoms with Gasteiger partial charge in [-0.1, -0.05) is 6.07 Å². The summed E-state index contributed by atoms with van der Waals surface area (Å²) in [6.45, 7) is 0. The van der Waals surface area contributed by atoms with Gasteiger partial charge in [-0.3, -0.25) is 9.59 Å². The topological polar surface area (TPSA) is 38.5 Å². The van der Waals surface area contributed by atoms with Gasteiger partial charge in [0.25, 0.3) is 0 Å². The quantitative estimate of drug-likeness (QED) is 0.360. The third-order valence-corrected chi connectivity index (χ3v) is 4.60. The summed E-state index contributed by atoms with van der Waals surface area (Å²) in [5.41, 5.74) is -1.43. The molecular formula is C22H11F4NO2. The molecule has 29 heavy (non-hydrogen) atoms. The number of carbonyl (C=O) groups excluding carboxylic acids is 1. The summed E-state index contributed by atoms with van der Waals surface area (Å²) in [5, 5.41) is 0. The molecule has 0 atom stereocenters. The molecule has 2 aromatic carbocycles. The summed E-state index contributed by atoms with van der Waals surface area (Å²) in [6, 6.07) is 9.74. The number of hydrogen-bond donors (Lipinski definition) is 0. The van der Waals surface area contributed by atoms with Crippen LogP contribution in [0.2, 0.25) is 0 Å². The van der Waals surface area contributed by atoms with Crippen molar-refractivity contribution in [3.63, 3.8) is 0 Å². The van der Waals surface area contributed by atoms with Gasteiger partial charge in [0, 0.05) is 29.5 Å². The van der Waals surface area contributed by atoms with Crippen molar-refractivity contribution in [3.05, 3.63) is 99.8 Å². The fourth-order valence-corrected chi connectivity index (χ4v) is 3.35. The Bertz CT molecular complexity index is 1320. The van der Waals surface area contributed by atoms with Gasteiger partial charge >= 0.3 is 0 Å². The van der Waals surface area contributed by atoms with E-state index in [2.05, 4.69) is 0 Å². The van der Waals surface area contributed by atoms with E-state index in [1.54, 1.807) is 0 Å². The Balaban J connectivity index is 2.17. The maximum absolute atomic E-state index is 14.5. The average Bonchev–Trinajstić information content (AvgIpc) is 2.69. The summed E-state index contributed by atoms with van der Waals surface area (Å²) in [4.78, 5) is 24.1. The molecule has 0 aliphatic rings. The minimum atomic E-state index is -0.941. The van der Waals surface area contributed by atoms with Crippen molar-refractivity contribution in [1.82, 2.24) is 4.40 Å². The highest BCUT2D eigenvalue weighted by atomic mass is 19.1. The zero-order valence-electron chi connectivity index (χ0n) is 14.6. The van der Waals surface area contributed by atoms with E-state index >= 15 is 0 Å². The number of nitrogens with zero attached hydrogens (tertiary/aromatic N) is 1. The molecule has 0 saturated carbocycles. The first-order chi connectivity index (χ1) is 13.9. The molecule has 2 heterocycles. The van der Waals surface area contributed by atoms with Crippen LogP contribution in [0.15, 0.2) is 65.6 Å². The molecule has 144 valence electrons. The number of carbonyl (C=O) groups is 1. The molecule has 0 unspecified atom stereocenters. The lowest BCUT2D eigenvalue weighted by molar-refractivity contribution is 0.112. The van der Waals surface area contributed by atoms with Crippen molar-refractivity contribution >= 4 is 11.8 Å². The Labute approximate surface area is 161 Å². The van der Waals surface area contributed by atoms with E-state index in [0.29, 0.717) is 12.4 Å². The second-order valence-corrected chi connectivity index (χ2v) is 6.29. The van der Waals surface area contributed by atoms with E-state index in [1.165, 1.54) is 28.8 Å². The van der Waals surface area contributed by atoms with Crippen LogP contribution in [-0.4, -0.2) is 10.7 Å². The number of rotatable bonds is 3. The minimum Gasteiger partial charge on any atom is -0.315 e. The van der Waals surface area contributed by atoms with Crippen LogP contribution in [0.1, 0.15) is 10.4 Å². The summed E-state index contributed by atoms with van der Waals surface area (Å²) in [6.07, 6.45) is 1.74. The molecule has 0 fully saturated rings. The maximum atomic E-state index is 14.5. The Morgan fingerprint density at radius 1 is 0.793 bits per heavy atom. The molecule has 0 aliphatic heterocycles. The average molecular weight is 397 g/mol. The lowest BCUT2D eigenvalue weighted by Crippen LogP contribution is -2.11. The fraction of sp³-hybridized carbons (Fsp3) is 0. The molecule has 0 aliphatic carbocycles. The lowest BCUT2D eigenvalue weighted by atomic mass is 10.00. The highest BCUT2D eigenvalue weighted by Crippen LogP contribution is 2.32. The van der Waals surface area contributed by atoms with Crippen LogP contribution in [0.4, 0.5) is 17.6 Å². The van der Waals surface area contributed by atoms with Crippen LogP contribution in [0.5, 0.6) is 0 Å². The molecule has 0 bridgehead atoms. The number of fused-ring (bicyclic) bond motifs is 1. The van der Waals surface area contributed by atoms with Crippen molar-refractivity contribution in [2.24, 2.45) is 0 Å². The number of benzene rings is 2. The predicted octanol–water partition coefficient (Wildman–Crippen LogP) is 5.00. The summed E-state index contributed by atoms with van der Waals surface area (Å²) < 4.78 is 57.8. The van der Waals surface area contributed by atoms with Crippen molar-refractivity contribution in [3.8, 4) is 22.4 Å². The van der Waals surface area contributed by atoms with Crippen molar-refractivity contribution in [2.45, 2.75) is 0 Å². The number of hydrogen-bond acceptors (Lipinski definition) is 2. The van der Waals surface area contributed by atoms with Gasteiger partial charge < -0.3 is 4.40 Å². The third-order valence-electron chi connectivity index (χ3n) is 4.60. The van der Waals surface area contributed by atoms with Crippen LogP contribution in [0.25, 0.3) is 27.9 Å². The molecule has 4 rings (SSSR count). The molecule has 3 nitrogen and oxygen atoms in total. The van der Waals surface area contributed by atoms with Gasteiger partial charge in [0.05, 0.1) is 22.3 Å². The number of pyridine rings is 2. The Kier molecular flexibility index (Phi) is 4.50. The number of aromatic nitrogens is 1. The van der Waals surface area contributed by atoms with Gasteiger partial charge in [-0.25, -0.2) is 17.6 Å². The maximum Gasteiger partial charge on any atom is 0.190 e. The normalized spacial score (nSPS) is 11.0. The monoisotopic (exact) mass is 397 g/mol. The molecule has 2 aromatic heterocycles. The fourth-order valence-electron chi connectivity index (χ4n) is 3.35. The first-order valence-electron chi connectivity index (χ1n) is 8.45. The van der Waals surface area contributed by atoms with Crippen LogP contribution in [0.3, 0.4) is 0 Å². The van der Waals surface area contributed by atoms with Crippen molar-refractivity contribution in [1.29, 1.82) is 0 Å². The van der Waals surface area contributed by atoms with E-state index in [0.717, 1.165) is 30.3 Å². The summed E-state index contributed by atoms with van der Waals surface area (Å²) in [5.74, 6) is -3.62. The van der Waals surface area contributed by atoms with Crippen molar-refractivity contribution in [2.75, 3.05) is 0 Å². The first-order valence-corrected chi connectivity index (χ1v) is 8.45. The first kappa shape index (κ1) is 18.6. The molecule has 7 heteroatoms. The molecule has 0 saturated heterocycles. The standard InChI is InChI=1S/C22H11F4NO2/c23-13-5-6-14(17(26)10-13)22-12(11-28)4-7-18-21(19(29)8-9-27(18)22)20-15(24)2-1-3-16(20)25/h1-11H. The molecular weight excluding hydrogens is 386 g/mol. The Morgan fingerprint density at radius 2 is 1.52 bits per heavy atom. The van der Waals surface area contributed by atoms with E-state index in [1.807, 2.05) is 0 Å². The Morgan fingerprint density at radius 3 is 2.17 bits per heavy atom. The zero-order valence-corrected chi connectivity index (χ0v) is 14.6. The molecule has 0 spiro atoms. The zero-order chi connectivity index (χ0) is 20.7. The predicted molar refractivity (Wildman–Crippen MR) is 99.8 cm³/mol. The second-order valence-electron chi connectivity index (χ2n) is 6.29. The van der Waals surface area contributed by atoms with Crippen LogP contribution in [0, 0.1) is 23.3 Å². The van der Waals surface area contributed by atoms with Gasteiger partial charge in [0.2, 0.25) is 0 Å². The lowest BCUT2D eigenvalue weighted by Gasteiger charge is -2.16. The molecule has 4 aromatic rings. The van der Waals surface area contributed by atoms with Crippen LogP contribution < -0.4 is 5.43 Å². The molecule has 0 N–H and O–H groups in total. The number of halogens is 4. The van der Waals surface area contributed by atoms with E-state index in [4.69, 9.17) is 0 Å². The van der Waals surface area contributed by atoms with Crippen LogP contribution >= 0.6 is 0 Å². The Hall–Kier alpha value is -3.74. The van der Waals surface area contributed by atoms with E-state index in [9.17, 15) is 27.2 Å². The third kappa shape index (κ3) is 3.00.